The third-order valence-corrected chi connectivity index (χ3v) is 7.48. The van der Waals surface area contributed by atoms with Crippen LogP contribution in [-0.4, -0.2) is 15.9 Å². The molecule has 1 aromatic heterocycles. The molecule has 0 amide bonds. The fraction of sp³-hybridized carbons (Fsp3) is 0.514. The lowest BCUT2D eigenvalue weighted by molar-refractivity contribution is -0.134. The average molecular weight is 529 g/mol. The standard InChI is InChI=1S/C35H48N2O2/c1-4-6-8-10-14-28(3)15-12-13-17-34(38)39-33-24-22-30(23-25-33)32-26-36-35(37-27-32)31-20-18-29(19-21-31)16-11-9-7-5-2/h18-28H,4-17H2,1-3H3. The van der Waals surface area contributed by atoms with Gasteiger partial charge in [-0.25, -0.2) is 9.97 Å². The second-order valence-electron chi connectivity index (χ2n) is 11.0. The van der Waals surface area contributed by atoms with Crippen molar-refractivity contribution >= 4 is 5.97 Å². The number of aromatic nitrogens is 2. The van der Waals surface area contributed by atoms with Gasteiger partial charge in [-0.3, -0.25) is 4.79 Å². The van der Waals surface area contributed by atoms with Crippen molar-refractivity contribution in [2.24, 2.45) is 5.92 Å². The van der Waals surface area contributed by atoms with Gasteiger partial charge in [0.1, 0.15) is 5.75 Å². The number of hydrogen-bond donors (Lipinski definition) is 0. The molecular formula is C35H48N2O2. The van der Waals surface area contributed by atoms with Gasteiger partial charge in [0.05, 0.1) is 0 Å². The van der Waals surface area contributed by atoms with Crippen molar-refractivity contribution in [3.05, 3.63) is 66.5 Å². The van der Waals surface area contributed by atoms with Gasteiger partial charge in [0.2, 0.25) is 0 Å². The summed E-state index contributed by atoms with van der Waals surface area (Å²) in [5.74, 6) is 1.90. The summed E-state index contributed by atoms with van der Waals surface area (Å²) in [5, 5.41) is 0. The smallest absolute Gasteiger partial charge is 0.311 e. The number of carbonyl (C=O) groups excluding carboxylic acids is 1. The van der Waals surface area contributed by atoms with Crippen molar-refractivity contribution in [2.75, 3.05) is 0 Å². The quantitative estimate of drug-likeness (QED) is 0.0936. The fourth-order valence-corrected chi connectivity index (χ4v) is 4.93. The van der Waals surface area contributed by atoms with E-state index >= 15 is 0 Å². The van der Waals surface area contributed by atoms with Gasteiger partial charge >= 0.3 is 5.97 Å². The van der Waals surface area contributed by atoms with Crippen molar-refractivity contribution in [3.8, 4) is 28.3 Å². The lowest BCUT2D eigenvalue weighted by Gasteiger charge is -2.11. The summed E-state index contributed by atoms with van der Waals surface area (Å²) >= 11 is 0. The number of unbranched alkanes of at least 4 members (excludes halogenated alkanes) is 7. The molecule has 0 fully saturated rings. The molecule has 0 saturated heterocycles. The van der Waals surface area contributed by atoms with Crippen molar-refractivity contribution < 1.29 is 9.53 Å². The van der Waals surface area contributed by atoms with E-state index < -0.39 is 0 Å². The number of esters is 1. The number of hydrogen-bond acceptors (Lipinski definition) is 4. The van der Waals surface area contributed by atoms with Gasteiger partial charge in [-0.2, -0.15) is 0 Å². The van der Waals surface area contributed by atoms with E-state index in [2.05, 4.69) is 55.0 Å². The first-order valence-electron chi connectivity index (χ1n) is 15.3. The second kappa shape index (κ2) is 17.6. The zero-order valence-electron chi connectivity index (χ0n) is 24.5. The van der Waals surface area contributed by atoms with E-state index in [-0.39, 0.29) is 5.97 Å². The maximum atomic E-state index is 12.3. The Balaban J connectivity index is 1.41. The van der Waals surface area contributed by atoms with E-state index in [1.807, 2.05) is 36.7 Å². The minimum Gasteiger partial charge on any atom is -0.427 e. The zero-order chi connectivity index (χ0) is 27.7. The fourth-order valence-electron chi connectivity index (χ4n) is 4.93. The van der Waals surface area contributed by atoms with Crippen molar-refractivity contribution in [3.63, 3.8) is 0 Å². The molecule has 0 aliphatic rings. The first kappa shape index (κ1) is 30.5. The molecule has 0 bridgehead atoms. The Morgan fingerprint density at radius 3 is 1.92 bits per heavy atom. The summed E-state index contributed by atoms with van der Waals surface area (Å²) in [6, 6.07) is 16.2. The predicted octanol–water partition coefficient (Wildman–Crippen LogP) is 10.0. The van der Waals surface area contributed by atoms with Crippen LogP contribution in [0.1, 0.15) is 110 Å². The maximum Gasteiger partial charge on any atom is 0.311 e. The van der Waals surface area contributed by atoms with E-state index in [0.717, 1.165) is 47.7 Å². The number of nitrogens with zero attached hydrogens (tertiary/aromatic N) is 2. The van der Waals surface area contributed by atoms with E-state index in [1.165, 1.54) is 69.8 Å². The van der Waals surface area contributed by atoms with Crippen LogP contribution in [0.5, 0.6) is 5.75 Å². The Bertz CT molecular complexity index is 1080. The van der Waals surface area contributed by atoms with Gasteiger partial charge < -0.3 is 4.74 Å². The monoisotopic (exact) mass is 528 g/mol. The molecule has 1 unspecified atom stereocenters. The van der Waals surface area contributed by atoms with Crippen molar-refractivity contribution in [1.82, 2.24) is 9.97 Å². The van der Waals surface area contributed by atoms with Gasteiger partial charge in [0, 0.05) is 29.9 Å². The van der Waals surface area contributed by atoms with Gasteiger partial charge in [-0.1, -0.05) is 121 Å². The highest BCUT2D eigenvalue weighted by atomic mass is 16.5. The lowest BCUT2D eigenvalue weighted by Crippen LogP contribution is -2.07. The Hall–Kier alpha value is -3.01. The van der Waals surface area contributed by atoms with Crippen LogP contribution in [0.15, 0.2) is 60.9 Å². The van der Waals surface area contributed by atoms with Crippen LogP contribution in [0.25, 0.3) is 22.5 Å². The number of aryl methyl sites for hydroxylation is 1. The second-order valence-corrected chi connectivity index (χ2v) is 11.0. The molecule has 4 heteroatoms. The van der Waals surface area contributed by atoms with Crippen LogP contribution >= 0.6 is 0 Å². The van der Waals surface area contributed by atoms with Crippen molar-refractivity contribution in [1.29, 1.82) is 0 Å². The van der Waals surface area contributed by atoms with E-state index in [9.17, 15) is 4.79 Å². The molecule has 1 heterocycles. The lowest BCUT2D eigenvalue weighted by atomic mass is 9.96. The summed E-state index contributed by atoms with van der Waals surface area (Å²) in [6.07, 6.45) is 20.2. The molecule has 39 heavy (non-hydrogen) atoms. The summed E-state index contributed by atoms with van der Waals surface area (Å²) in [4.78, 5) is 21.5. The Kier molecular flexibility index (Phi) is 13.7. The zero-order valence-corrected chi connectivity index (χ0v) is 24.5. The van der Waals surface area contributed by atoms with Crippen LogP contribution in [-0.2, 0) is 11.2 Å². The van der Waals surface area contributed by atoms with Crippen LogP contribution < -0.4 is 4.74 Å². The summed E-state index contributed by atoms with van der Waals surface area (Å²) < 4.78 is 5.56. The minimum absolute atomic E-state index is 0.155. The predicted molar refractivity (Wildman–Crippen MR) is 163 cm³/mol. The van der Waals surface area contributed by atoms with Gasteiger partial charge in [0.25, 0.3) is 0 Å². The number of benzene rings is 2. The summed E-state index contributed by atoms with van der Waals surface area (Å²) in [6.45, 7) is 6.82. The molecule has 1 atom stereocenters. The maximum absolute atomic E-state index is 12.3. The Labute approximate surface area is 236 Å². The molecular weight excluding hydrogens is 480 g/mol. The first-order valence-corrected chi connectivity index (χ1v) is 15.3. The highest BCUT2D eigenvalue weighted by molar-refractivity contribution is 5.73. The average Bonchev–Trinajstić information content (AvgIpc) is 2.97. The SMILES string of the molecule is CCCCCCc1ccc(-c2ncc(-c3ccc(OC(=O)CCCCC(C)CCCCCC)cc3)cn2)cc1. The van der Waals surface area contributed by atoms with Gasteiger partial charge in [-0.05, 0) is 48.4 Å². The third-order valence-electron chi connectivity index (χ3n) is 7.48. The van der Waals surface area contributed by atoms with E-state index in [0.29, 0.717) is 12.2 Å². The molecule has 0 N–H and O–H groups in total. The van der Waals surface area contributed by atoms with Gasteiger partial charge in [0.15, 0.2) is 5.82 Å². The Morgan fingerprint density at radius 2 is 1.28 bits per heavy atom. The number of ether oxygens (including phenoxy) is 1. The molecule has 0 saturated carbocycles. The highest BCUT2D eigenvalue weighted by Gasteiger charge is 2.08. The van der Waals surface area contributed by atoms with E-state index in [1.54, 1.807) is 0 Å². The molecule has 210 valence electrons. The molecule has 4 nitrogen and oxygen atoms in total. The van der Waals surface area contributed by atoms with E-state index in [4.69, 9.17) is 4.74 Å². The highest BCUT2D eigenvalue weighted by Crippen LogP contribution is 2.24. The molecule has 3 rings (SSSR count). The molecule has 0 aliphatic heterocycles. The third kappa shape index (κ3) is 11.3. The molecule has 0 spiro atoms. The van der Waals surface area contributed by atoms with Crippen LogP contribution in [0.2, 0.25) is 0 Å². The minimum atomic E-state index is -0.155. The molecule has 0 aliphatic carbocycles. The van der Waals surface area contributed by atoms with Crippen LogP contribution in [0.3, 0.4) is 0 Å². The largest absolute Gasteiger partial charge is 0.427 e. The summed E-state index contributed by atoms with van der Waals surface area (Å²) in [7, 11) is 0. The van der Waals surface area contributed by atoms with Crippen LogP contribution in [0, 0.1) is 5.92 Å². The molecule has 2 aromatic carbocycles. The van der Waals surface area contributed by atoms with Crippen LogP contribution in [0.4, 0.5) is 0 Å². The first-order chi connectivity index (χ1) is 19.1. The number of carbonyl (C=O) groups is 1. The molecule has 0 radical (unpaired) electrons. The van der Waals surface area contributed by atoms with Gasteiger partial charge in [-0.15, -0.1) is 0 Å². The molecule has 3 aromatic rings. The topological polar surface area (TPSA) is 52.1 Å². The number of rotatable bonds is 18. The summed E-state index contributed by atoms with van der Waals surface area (Å²) in [5.41, 5.74) is 4.34. The normalized spacial score (nSPS) is 11.9. The van der Waals surface area contributed by atoms with Crippen molar-refractivity contribution in [2.45, 2.75) is 111 Å². The Morgan fingerprint density at radius 1 is 0.692 bits per heavy atom.